The third-order valence-corrected chi connectivity index (χ3v) is 1.69. The molecule has 11 heavy (non-hydrogen) atoms. The molecule has 0 radical (unpaired) electrons. The number of nitrogens with two attached hydrogens (primary N) is 2. The molecule has 0 aromatic rings. The number of rotatable bonds is 4. The lowest BCUT2D eigenvalue weighted by atomic mass is 9.91. The number of carbonyl (C=O) groups is 1. The SMILES string of the molecule is CC(O)C(N)(CN)CC(=O)O. The molecule has 0 fully saturated rings. The van der Waals surface area contributed by atoms with Crippen LogP contribution in [0.25, 0.3) is 0 Å². The molecule has 0 heterocycles. The van der Waals surface area contributed by atoms with Gasteiger partial charge in [-0.3, -0.25) is 4.79 Å². The first kappa shape index (κ1) is 10.3. The fourth-order valence-corrected chi connectivity index (χ4v) is 0.672. The maximum Gasteiger partial charge on any atom is 0.305 e. The fourth-order valence-electron chi connectivity index (χ4n) is 0.672. The van der Waals surface area contributed by atoms with E-state index in [0.717, 1.165) is 0 Å². The Bertz CT molecular complexity index is 149. The fraction of sp³-hybridized carbons (Fsp3) is 0.833. The molecule has 0 spiro atoms. The number of aliphatic hydroxyl groups excluding tert-OH is 1. The zero-order chi connectivity index (χ0) is 9.07. The Morgan fingerprint density at radius 1 is 1.73 bits per heavy atom. The average Bonchev–Trinajstić information content (AvgIpc) is 1.86. The van der Waals surface area contributed by atoms with E-state index in [1.54, 1.807) is 0 Å². The van der Waals surface area contributed by atoms with Crippen LogP contribution in [-0.2, 0) is 4.79 Å². The van der Waals surface area contributed by atoms with Crippen molar-refractivity contribution in [2.75, 3.05) is 6.54 Å². The van der Waals surface area contributed by atoms with E-state index in [4.69, 9.17) is 21.7 Å². The minimum Gasteiger partial charge on any atom is -0.481 e. The van der Waals surface area contributed by atoms with Crippen LogP contribution in [0.4, 0.5) is 0 Å². The summed E-state index contributed by atoms with van der Waals surface area (Å²) in [6, 6.07) is 0. The summed E-state index contributed by atoms with van der Waals surface area (Å²) in [5, 5.41) is 17.4. The summed E-state index contributed by atoms with van der Waals surface area (Å²) in [5.41, 5.74) is 9.49. The third kappa shape index (κ3) is 2.83. The molecule has 0 saturated carbocycles. The first-order valence-corrected chi connectivity index (χ1v) is 3.31. The van der Waals surface area contributed by atoms with Crippen LogP contribution < -0.4 is 11.5 Å². The van der Waals surface area contributed by atoms with E-state index in [-0.39, 0.29) is 13.0 Å². The smallest absolute Gasteiger partial charge is 0.305 e. The van der Waals surface area contributed by atoms with Gasteiger partial charge in [0.1, 0.15) is 0 Å². The second-order valence-corrected chi connectivity index (χ2v) is 2.68. The summed E-state index contributed by atoms with van der Waals surface area (Å²) >= 11 is 0. The minimum absolute atomic E-state index is 0.0447. The van der Waals surface area contributed by atoms with E-state index in [1.807, 2.05) is 0 Å². The number of hydrogen-bond acceptors (Lipinski definition) is 4. The van der Waals surface area contributed by atoms with Gasteiger partial charge in [-0.25, -0.2) is 0 Å². The van der Waals surface area contributed by atoms with Gasteiger partial charge in [0.15, 0.2) is 0 Å². The first-order valence-electron chi connectivity index (χ1n) is 3.31. The molecule has 0 aliphatic carbocycles. The molecule has 66 valence electrons. The molecule has 2 atom stereocenters. The van der Waals surface area contributed by atoms with Crippen LogP contribution >= 0.6 is 0 Å². The number of aliphatic hydroxyl groups is 1. The van der Waals surface area contributed by atoms with Crippen molar-refractivity contribution in [3.63, 3.8) is 0 Å². The van der Waals surface area contributed by atoms with Crippen molar-refractivity contribution in [1.29, 1.82) is 0 Å². The van der Waals surface area contributed by atoms with Gasteiger partial charge in [0.25, 0.3) is 0 Å². The highest BCUT2D eigenvalue weighted by Crippen LogP contribution is 2.10. The molecule has 0 aliphatic rings. The third-order valence-electron chi connectivity index (χ3n) is 1.69. The van der Waals surface area contributed by atoms with Gasteiger partial charge in [-0.2, -0.15) is 0 Å². The highest BCUT2D eigenvalue weighted by atomic mass is 16.4. The molecule has 0 aliphatic heterocycles. The molecule has 0 aromatic carbocycles. The van der Waals surface area contributed by atoms with Gasteiger partial charge in [-0.1, -0.05) is 0 Å². The van der Waals surface area contributed by atoms with E-state index >= 15 is 0 Å². The summed E-state index contributed by atoms with van der Waals surface area (Å²) < 4.78 is 0. The van der Waals surface area contributed by atoms with Gasteiger partial charge < -0.3 is 21.7 Å². The van der Waals surface area contributed by atoms with Gasteiger partial charge in [0, 0.05) is 6.54 Å². The van der Waals surface area contributed by atoms with E-state index in [1.165, 1.54) is 6.92 Å². The zero-order valence-corrected chi connectivity index (χ0v) is 6.45. The van der Waals surface area contributed by atoms with E-state index in [9.17, 15) is 4.79 Å². The highest BCUT2D eigenvalue weighted by Gasteiger charge is 2.31. The van der Waals surface area contributed by atoms with Crippen molar-refractivity contribution in [1.82, 2.24) is 0 Å². The highest BCUT2D eigenvalue weighted by molar-refractivity contribution is 5.68. The molecule has 0 rings (SSSR count). The Kier molecular flexibility index (Phi) is 3.44. The normalized spacial score (nSPS) is 18.9. The van der Waals surface area contributed by atoms with Gasteiger partial charge in [0.05, 0.1) is 18.1 Å². The summed E-state index contributed by atoms with van der Waals surface area (Å²) in [6.07, 6.45) is -1.23. The quantitative estimate of drug-likeness (QED) is 0.402. The van der Waals surface area contributed by atoms with Crippen molar-refractivity contribution < 1.29 is 15.0 Å². The summed E-state index contributed by atoms with van der Waals surface area (Å²) in [4.78, 5) is 10.2. The summed E-state index contributed by atoms with van der Waals surface area (Å²) in [6.45, 7) is 1.38. The monoisotopic (exact) mass is 162 g/mol. The second kappa shape index (κ2) is 3.66. The zero-order valence-electron chi connectivity index (χ0n) is 6.45. The summed E-state index contributed by atoms with van der Waals surface area (Å²) in [7, 11) is 0. The van der Waals surface area contributed by atoms with Gasteiger partial charge in [0.2, 0.25) is 0 Å². The number of carboxylic acids is 1. The average molecular weight is 162 g/mol. The van der Waals surface area contributed by atoms with Gasteiger partial charge in [-0.05, 0) is 6.92 Å². The van der Waals surface area contributed by atoms with Gasteiger partial charge >= 0.3 is 5.97 Å². The van der Waals surface area contributed by atoms with Crippen molar-refractivity contribution in [3.8, 4) is 0 Å². The van der Waals surface area contributed by atoms with Crippen molar-refractivity contribution >= 4 is 5.97 Å². The van der Waals surface area contributed by atoms with E-state index < -0.39 is 17.6 Å². The van der Waals surface area contributed by atoms with Crippen LogP contribution in [0.1, 0.15) is 13.3 Å². The van der Waals surface area contributed by atoms with Crippen LogP contribution in [-0.4, -0.2) is 34.4 Å². The molecule has 0 bridgehead atoms. The summed E-state index contributed by atoms with van der Waals surface area (Å²) in [5.74, 6) is -1.06. The predicted molar refractivity (Wildman–Crippen MR) is 39.9 cm³/mol. The number of hydrogen-bond donors (Lipinski definition) is 4. The molecular formula is C6H14N2O3. The van der Waals surface area contributed by atoms with E-state index in [2.05, 4.69) is 0 Å². The standard InChI is InChI=1S/C6H14N2O3/c1-4(9)6(8,3-7)2-5(10)11/h4,9H,2-3,7-8H2,1H3,(H,10,11). The Labute approximate surface area is 65.0 Å². The number of aliphatic carboxylic acids is 1. The minimum atomic E-state index is -1.20. The van der Waals surface area contributed by atoms with Crippen LogP contribution in [0.15, 0.2) is 0 Å². The van der Waals surface area contributed by atoms with Crippen molar-refractivity contribution in [3.05, 3.63) is 0 Å². The van der Waals surface area contributed by atoms with E-state index in [0.29, 0.717) is 0 Å². The number of carboxylic acid groups (broad SMARTS) is 1. The maximum absolute atomic E-state index is 10.2. The van der Waals surface area contributed by atoms with Crippen molar-refractivity contribution in [2.45, 2.75) is 25.0 Å². The Hall–Kier alpha value is -0.650. The molecule has 0 aromatic heterocycles. The van der Waals surface area contributed by atoms with Crippen LogP contribution in [0, 0.1) is 0 Å². The maximum atomic E-state index is 10.2. The molecule has 0 amide bonds. The lowest BCUT2D eigenvalue weighted by Crippen LogP contribution is -2.56. The predicted octanol–water partition coefficient (Wildman–Crippen LogP) is -1.50. The molecule has 2 unspecified atom stereocenters. The first-order chi connectivity index (χ1) is 4.92. The molecule has 5 nitrogen and oxygen atoms in total. The Morgan fingerprint density at radius 2 is 2.18 bits per heavy atom. The Balaban J connectivity index is 4.22. The molecular weight excluding hydrogens is 148 g/mol. The lowest BCUT2D eigenvalue weighted by Gasteiger charge is -2.28. The lowest BCUT2D eigenvalue weighted by molar-refractivity contribution is -0.139. The van der Waals surface area contributed by atoms with Gasteiger partial charge in [-0.15, -0.1) is 0 Å². The topological polar surface area (TPSA) is 110 Å². The van der Waals surface area contributed by atoms with Crippen LogP contribution in [0.5, 0.6) is 0 Å². The molecule has 5 heteroatoms. The molecule has 6 N–H and O–H groups in total. The Morgan fingerprint density at radius 3 is 2.27 bits per heavy atom. The second-order valence-electron chi connectivity index (χ2n) is 2.68. The molecule has 0 saturated heterocycles. The van der Waals surface area contributed by atoms with Crippen LogP contribution in [0.3, 0.4) is 0 Å². The largest absolute Gasteiger partial charge is 0.481 e. The van der Waals surface area contributed by atoms with Crippen molar-refractivity contribution in [2.24, 2.45) is 11.5 Å². The van der Waals surface area contributed by atoms with Crippen LogP contribution in [0.2, 0.25) is 0 Å².